The van der Waals surface area contributed by atoms with Gasteiger partial charge in [0.25, 0.3) is 0 Å². The van der Waals surface area contributed by atoms with Crippen molar-refractivity contribution in [1.29, 1.82) is 0 Å². The smallest absolute Gasteiger partial charge is 0.321 e. The number of amides is 4. The van der Waals surface area contributed by atoms with E-state index in [9.17, 15) is 14.4 Å². The van der Waals surface area contributed by atoms with Crippen LogP contribution in [0.5, 0.6) is 0 Å². The zero-order chi connectivity index (χ0) is 18.4. The van der Waals surface area contributed by atoms with E-state index >= 15 is 0 Å². The molecule has 0 spiro atoms. The maximum atomic E-state index is 12.2. The number of rotatable bonds is 7. The largest absolute Gasteiger partial charge is 0.335 e. The average molecular weight is 387 g/mol. The van der Waals surface area contributed by atoms with Crippen LogP contribution < -0.4 is 16.0 Å². The van der Waals surface area contributed by atoms with Crippen LogP contribution in [0.15, 0.2) is 18.2 Å². The van der Waals surface area contributed by atoms with Crippen molar-refractivity contribution in [2.45, 2.75) is 25.8 Å². The van der Waals surface area contributed by atoms with Crippen LogP contribution in [0.2, 0.25) is 10.0 Å². The summed E-state index contributed by atoms with van der Waals surface area (Å²) in [5, 5.41) is 8.22. The maximum absolute atomic E-state index is 12.2. The van der Waals surface area contributed by atoms with Crippen molar-refractivity contribution >= 4 is 46.7 Å². The third-order valence-electron chi connectivity index (χ3n) is 3.57. The van der Waals surface area contributed by atoms with Gasteiger partial charge in [-0.25, -0.2) is 4.79 Å². The zero-order valence-corrected chi connectivity index (χ0v) is 15.3. The molecule has 0 saturated heterocycles. The van der Waals surface area contributed by atoms with E-state index in [1.165, 1.54) is 0 Å². The highest BCUT2D eigenvalue weighted by Crippen LogP contribution is 2.29. The molecule has 7 nitrogen and oxygen atoms in total. The number of carbonyl (C=O) groups is 3. The second kappa shape index (κ2) is 9.03. The van der Waals surface area contributed by atoms with Crippen molar-refractivity contribution in [3.8, 4) is 0 Å². The van der Waals surface area contributed by atoms with Crippen molar-refractivity contribution < 1.29 is 14.4 Å². The van der Waals surface area contributed by atoms with Crippen LogP contribution in [0, 0.1) is 0 Å². The van der Waals surface area contributed by atoms with Crippen molar-refractivity contribution in [3.05, 3.63) is 28.2 Å². The van der Waals surface area contributed by atoms with E-state index in [4.69, 9.17) is 23.2 Å². The quantitative estimate of drug-likeness (QED) is 0.669. The number of anilines is 1. The number of halogens is 2. The molecular weight excluding hydrogens is 367 g/mol. The van der Waals surface area contributed by atoms with E-state index in [0.29, 0.717) is 22.3 Å². The second-order valence-electron chi connectivity index (χ2n) is 5.74. The molecule has 1 aliphatic carbocycles. The molecule has 136 valence electrons. The van der Waals surface area contributed by atoms with E-state index in [0.717, 1.165) is 12.8 Å². The molecule has 0 atom stereocenters. The van der Waals surface area contributed by atoms with Crippen LogP contribution in [0.3, 0.4) is 0 Å². The van der Waals surface area contributed by atoms with Crippen molar-refractivity contribution in [2.24, 2.45) is 0 Å². The summed E-state index contributed by atoms with van der Waals surface area (Å²) in [4.78, 5) is 37.2. The molecule has 0 aliphatic heterocycles. The van der Waals surface area contributed by atoms with Crippen molar-refractivity contribution in [3.63, 3.8) is 0 Å². The fourth-order valence-electron chi connectivity index (χ4n) is 2.10. The number of benzene rings is 1. The van der Waals surface area contributed by atoms with E-state index in [-0.39, 0.29) is 25.0 Å². The Morgan fingerprint density at radius 3 is 2.28 bits per heavy atom. The minimum Gasteiger partial charge on any atom is -0.335 e. The van der Waals surface area contributed by atoms with Gasteiger partial charge in [0.05, 0.1) is 28.8 Å². The highest BCUT2D eigenvalue weighted by molar-refractivity contribution is 6.39. The summed E-state index contributed by atoms with van der Waals surface area (Å²) in [7, 11) is 0. The monoisotopic (exact) mass is 386 g/mol. The lowest BCUT2D eigenvalue weighted by Gasteiger charge is -2.19. The van der Waals surface area contributed by atoms with Crippen molar-refractivity contribution in [1.82, 2.24) is 15.5 Å². The third kappa shape index (κ3) is 6.53. The van der Waals surface area contributed by atoms with Crippen LogP contribution in [0.25, 0.3) is 0 Å². The Morgan fingerprint density at radius 1 is 1.12 bits per heavy atom. The minimum absolute atomic E-state index is 0.0320. The topological polar surface area (TPSA) is 90.5 Å². The maximum Gasteiger partial charge on any atom is 0.321 e. The first-order valence-corrected chi connectivity index (χ1v) is 8.71. The van der Waals surface area contributed by atoms with Gasteiger partial charge in [-0.1, -0.05) is 36.2 Å². The zero-order valence-electron chi connectivity index (χ0n) is 13.8. The molecule has 1 aliphatic rings. The Morgan fingerprint density at radius 2 is 1.72 bits per heavy atom. The Labute approximate surface area is 156 Å². The van der Waals surface area contributed by atoms with Gasteiger partial charge in [0.1, 0.15) is 0 Å². The molecule has 0 aromatic heterocycles. The minimum atomic E-state index is -0.504. The third-order valence-corrected chi connectivity index (χ3v) is 4.20. The molecular formula is C16H20Cl2N4O3. The molecule has 0 unspecified atom stereocenters. The summed E-state index contributed by atoms with van der Waals surface area (Å²) in [5.41, 5.74) is 0.333. The lowest BCUT2D eigenvalue weighted by atomic mass is 10.3. The molecule has 0 heterocycles. The van der Waals surface area contributed by atoms with Crippen LogP contribution in [0.4, 0.5) is 10.5 Å². The molecule has 4 amide bonds. The summed E-state index contributed by atoms with van der Waals surface area (Å²) in [5.74, 6) is -0.823. The van der Waals surface area contributed by atoms with Crippen molar-refractivity contribution in [2.75, 3.05) is 25.0 Å². The number of likely N-dealkylation sites (N-methyl/N-ethyl adjacent to an activating group) is 1. The molecule has 3 N–H and O–H groups in total. The number of hydrogen-bond acceptors (Lipinski definition) is 4. The van der Waals surface area contributed by atoms with Crippen LogP contribution in [-0.4, -0.2) is 48.4 Å². The highest BCUT2D eigenvalue weighted by Gasteiger charge is 2.24. The molecule has 25 heavy (non-hydrogen) atoms. The first-order chi connectivity index (χ1) is 11.9. The summed E-state index contributed by atoms with van der Waals surface area (Å²) < 4.78 is 0. The van der Waals surface area contributed by atoms with Gasteiger partial charge in [-0.05, 0) is 31.5 Å². The van der Waals surface area contributed by atoms with Crippen LogP contribution >= 0.6 is 23.2 Å². The summed E-state index contributed by atoms with van der Waals surface area (Å²) in [6.45, 7) is 2.17. The molecule has 1 aromatic rings. The van der Waals surface area contributed by atoms with E-state index in [2.05, 4.69) is 16.0 Å². The van der Waals surface area contributed by atoms with Gasteiger partial charge in [0, 0.05) is 6.04 Å². The highest BCUT2D eigenvalue weighted by atomic mass is 35.5. The molecule has 0 radical (unpaired) electrons. The number of nitrogens with zero attached hydrogens (tertiary/aromatic N) is 1. The SMILES string of the molecule is CCN(CC(=O)NC(=O)NC1CC1)CC(=O)Nc1c(Cl)cccc1Cl. The van der Waals surface area contributed by atoms with Crippen LogP contribution in [0.1, 0.15) is 19.8 Å². The fourth-order valence-corrected chi connectivity index (χ4v) is 2.59. The van der Waals surface area contributed by atoms with Gasteiger partial charge < -0.3 is 10.6 Å². The molecule has 1 fully saturated rings. The summed E-state index contributed by atoms with van der Waals surface area (Å²) in [6, 6.07) is 4.58. The second-order valence-corrected chi connectivity index (χ2v) is 6.56. The Bertz CT molecular complexity index is 645. The van der Waals surface area contributed by atoms with Gasteiger partial charge in [-0.2, -0.15) is 0 Å². The summed E-state index contributed by atoms with van der Waals surface area (Å²) in [6.07, 6.45) is 1.88. The van der Waals surface area contributed by atoms with Gasteiger partial charge in [-0.3, -0.25) is 19.8 Å². The van der Waals surface area contributed by atoms with Gasteiger partial charge in [0.2, 0.25) is 11.8 Å². The van der Waals surface area contributed by atoms with E-state index < -0.39 is 11.9 Å². The Hall–Kier alpha value is -1.83. The molecule has 1 saturated carbocycles. The predicted molar refractivity (Wildman–Crippen MR) is 96.9 cm³/mol. The first kappa shape index (κ1) is 19.5. The number of hydrogen-bond donors (Lipinski definition) is 3. The number of nitrogens with one attached hydrogen (secondary N) is 3. The van der Waals surface area contributed by atoms with E-state index in [1.807, 2.05) is 6.92 Å². The number of imide groups is 1. The standard InChI is InChI=1S/C16H20Cl2N4O3/c1-2-22(9-14(24)21-16(25)19-10-6-7-10)8-13(23)20-15-11(17)4-3-5-12(15)18/h3-5,10H,2,6-9H2,1H3,(H,20,23)(H2,19,21,24,25). The van der Waals surface area contributed by atoms with Gasteiger partial charge >= 0.3 is 6.03 Å². The molecule has 9 heteroatoms. The fraction of sp³-hybridized carbons (Fsp3) is 0.438. The van der Waals surface area contributed by atoms with Gasteiger partial charge in [-0.15, -0.1) is 0 Å². The number of urea groups is 1. The predicted octanol–water partition coefficient (Wildman–Crippen LogP) is 2.24. The molecule has 0 bridgehead atoms. The molecule has 2 rings (SSSR count). The van der Waals surface area contributed by atoms with E-state index in [1.54, 1.807) is 23.1 Å². The lowest BCUT2D eigenvalue weighted by Crippen LogP contribution is -2.46. The van der Waals surface area contributed by atoms with Crippen LogP contribution in [-0.2, 0) is 9.59 Å². The summed E-state index contributed by atoms with van der Waals surface area (Å²) >= 11 is 12.0. The Balaban J connectivity index is 1.82. The molecule has 1 aromatic carbocycles. The number of carbonyl (C=O) groups excluding carboxylic acids is 3. The van der Waals surface area contributed by atoms with Gasteiger partial charge in [0.15, 0.2) is 0 Å². The lowest BCUT2D eigenvalue weighted by molar-refractivity contribution is -0.122. The average Bonchev–Trinajstić information content (AvgIpc) is 3.34. The first-order valence-electron chi connectivity index (χ1n) is 7.95. The Kier molecular flexibility index (Phi) is 7.04. The number of para-hydroxylation sites is 1. The normalized spacial score (nSPS) is 13.4.